The predicted octanol–water partition coefficient (Wildman–Crippen LogP) is 1.99. The lowest BCUT2D eigenvalue weighted by molar-refractivity contribution is 0.0866. The summed E-state index contributed by atoms with van der Waals surface area (Å²) in [5, 5.41) is 0. The van der Waals surface area contributed by atoms with Crippen LogP contribution in [0.4, 0.5) is 0 Å². The van der Waals surface area contributed by atoms with Crippen molar-refractivity contribution in [1.29, 1.82) is 0 Å². The Morgan fingerprint density at radius 2 is 1.64 bits per heavy atom. The van der Waals surface area contributed by atoms with Gasteiger partial charge in [0.2, 0.25) is 0 Å². The van der Waals surface area contributed by atoms with E-state index in [4.69, 9.17) is 5.73 Å². The Morgan fingerprint density at radius 1 is 1.00 bits per heavy atom. The SMILES string of the molecule is C[C@H]1CCCC[C@H]1N1CCC(N)CC1. The summed E-state index contributed by atoms with van der Waals surface area (Å²) in [7, 11) is 0. The molecule has 1 heterocycles. The maximum absolute atomic E-state index is 5.93. The second-order valence-electron chi connectivity index (χ2n) is 5.20. The van der Waals surface area contributed by atoms with Crippen molar-refractivity contribution in [2.24, 2.45) is 11.7 Å². The van der Waals surface area contributed by atoms with Crippen molar-refractivity contribution in [3.8, 4) is 0 Å². The number of piperidine rings is 1. The Kier molecular flexibility index (Phi) is 3.45. The lowest BCUT2D eigenvalue weighted by atomic mass is 9.84. The predicted molar refractivity (Wildman–Crippen MR) is 60.2 cm³/mol. The van der Waals surface area contributed by atoms with Crippen molar-refractivity contribution in [3.05, 3.63) is 0 Å². The smallest absolute Gasteiger partial charge is 0.0121 e. The molecule has 2 aliphatic rings. The molecule has 2 nitrogen and oxygen atoms in total. The van der Waals surface area contributed by atoms with Gasteiger partial charge in [0.25, 0.3) is 0 Å². The van der Waals surface area contributed by atoms with Gasteiger partial charge in [0.05, 0.1) is 0 Å². The van der Waals surface area contributed by atoms with Gasteiger partial charge < -0.3 is 10.6 Å². The van der Waals surface area contributed by atoms with E-state index >= 15 is 0 Å². The average Bonchev–Trinajstić information content (AvgIpc) is 2.20. The molecule has 2 rings (SSSR count). The zero-order valence-electron chi connectivity index (χ0n) is 9.41. The molecule has 14 heavy (non-hydrogen) atoms. The van der Waals surface area contributed by atoms with E-state index in [-0.39, 0.29) is 0 Å². The van der Waals surface area contributed by atoms with Gasteiger partial charge in [-0.15, -0.1) is 0 Å². The van der Waals surface area contributed by atoms with Crippen molar-refractivity contribution in [3.63, 3.8) is 0 Å². The summed E-state index contributed by atoms with van der Waals surface area (Å²) in [6.07, 6.45) is 8.18. The summed E-state index contributed by atoms with van der Waals surface area (Å²) in [5.41, 5.74) is 5.93. The molecule has 82 valence electrons. The van der Waals surface area contributed by atoms with Crippen LogP contribution in [0.25, 0.3) is 0 Å². The fraction of sp³-hybridized carbons (Fsp3) is 1.00. The molecule has 0 aromatic heterocycles. The highest BCUT2D eigenvalue weighted by atomic mass is 15.2. The molecule has 2 fully saturated rings. The van der Waals surface area contributed by atoms with Gasteiger partial charge in [-0.2, -0.15) is 0 Å². The third-order valence-corrected chi connectivity index (χ3v) is 4.11. The van der Waals surface area contributed by atoms with E-state index < -0.39 is 0 Å². The standard InChI is InChI=1S/C12H24N2/c1-10-4-2-3-5-12(10)14-8-6-11(13)7-9-14/h10-12H,2-9,13H2,1H3/t10-,12+/m0/s1. The summed E-state index contributed by atoms with van der Waals surface area (Å²) < 4.78 is 0. The van der Waals surface area contributed by atoms with Gasteiger partial charge >= 0.3 is 0 Å². The molecule has 0 aromatic carbocycles. The van der Waals surface area contributed by atoms with Crippen molar-refractivity contribution < 1.29 is 0 Å². The van der Waals surface area contributed by atoms with Crippen LogP contribution in [0.2, 0.25) is 0 Å². The molecule has 0 aromatic rings. The van der Waals surface area contributed by atoms with Crippen LogP contribution in [-0.4, -0.2) is 30.1 Å². The number of hydrogen-bond acceptors (Lipinski definition) is 2. The van der Waals surface area contributed by atoms with Gasteiger partial charge in [-0.05, 0) is 44.7 Å². The van der Waals surface area contributed by atoms with Crippen LogP contribution in [-0.2, 0) is 0 Å². The normalized spacial score (nSPS) is 37.3. The van der Waals surface area contributed by atoms with E-state index in [9.17, 15) is 0 Å². The van der Waals surface area contributed by atoms with E-state index in [1.54, 1.807) is 0 Å². The Hall–Kier alpha value is -0.0800. The van der Waals surface area contributed by atoms with Crippen LogP contribution >= 0.6 is 0 Å². The first-order valence-corrected chi connectivity index (χ1v) is 6.27. The minimum absolute atomic E-state index is 0.477. The van der Waals surface area contributed by atoms with E-state index in [0.29, 0.717) is 6.04 Å². The second kappa shape index (κ2) is 4.63. The molecule has 1 aliphatic carbocycles. The van der Waals surface area contributed by atoms with Crippen LogP contribution in [0.5, 0.6) is 0 Å². The highest BCUT2D eigenvalue weighted by Crippen LogP contribution is 2.29. The molecule has 0 amide bonds. The number of rotatable bonds is 1. The van der Waals surface area contributed by atoms with Crippen LogP contribution in [0.3, 0.4) is 0 Å². The highest BCUT2D eigenvalue weighted by molar-refractivity contribution is 4.85. The molecule has 1 saturated heterocycles. The quantitative estimate of drug-likeness (QED) is 0.695. The minimum atomic E-state index is 0.477. The lowest BCUT2D eigenvalue weighted by Gasteiger charge is -2.41. The number of nitrogens with two attached hydrogens (primary N) is 1. The monoisotopic (exact) mass is 196 g/mol. The first-order valence-electron chi connectivity index (χ1n) is 6.27. The Morgan fingerprint density at radius 3 is 2.29 bits per heavy atom. The van der Waals surface area contributed by atoms with Crippen molar-refractivity contribution in [2.75, 3.05) is 13.1 Å². The van der Waals surface area contributed by atoms with E-state index in [1.165, 1.54) is 51.6 Å². The first kappa shape index (κ1) is 10.4. The molecule has 0 unspecified atom stereocenters. The summed E-state index contributed by atoms with van der Waals surface area (Å²) in [6, 6.07) is 1.35. The largest absolute Gasteiger partial charge is 0.328 e. The zero-order chi connectivity index (χ0) is 9.97. The molecule has 1 aliphatic heterocycles. The lowest BCUT2D eigenvalue weighted by Crippen LogP contribution is -2.48. The topological polar surface area (TPSA) is 29.3 Å². The molecule has 0 radical (unpaired) electrons. The van der Waals surface area contributed by atoms with E-state index in [0.717, 1.165) is 12.0 Å². The summed E-state index contributed by atoms with van der Waals surface area (Å²) in [6.45, 7) is 4.92. The Labute approximate surface area is 87.8 Å². The number of hydrogen-bond donors (Lipinski definition) is 1. The molecule has 0 bridgehead atoms. The molecule has 2 heteroatoms. The van der Waals surface area contributed by atoms with Crippen LogP contribution in [0.15, 0.2) is 0 Å². The molecule has 1 saturated carbocycles. The number of nitrogens with zero attached hydrogens (tertiary/aromatic N) is 1. The van der Waals surface area contributed by atoms with Gasteiger partial charge in [-0.1, -0.05) is 19.8 Å². The third kappa shape index (κ3) is 2.29. The average molecular weight is 196 g/mol. The fourth-order valence-corrected chi connectivity index (χ4v) is 3.09. The molecular weight excluding hydrogens is 172 g/mol. The van der Waals surface area contributed by atoms with Gasteiger partial charge in [-0.25, -0.2) is 0 Å². The van der Waals surface area contributed by atoms with Crippen LogP contribution in [0, 0.1) is 5.92 Å². The van der Waals surface area contributed by atoms with Gasteiger partial charge in [-0.3, -0.25) is 0 Å². The molecule has 0 spiro atoms. The van der Waals surface area contributed by atoms with Crippen molar-refractivity contribution >= 4 is 0 Å². The molecule has 2 atom stereocenters. The van der Waals surface area contributed by atoms with E-state index in [1.807, 2.05) is 0 Å². The summed E-state index contributed by atoms with van der Waals surface area (Å²) in [5.74, 6) is 0.915. The van der Waals surface area contributed by atoms with E-state index in [2.05, 4.69) is 11.8 Å². The fourth-order valence-electron chi connectivity index (χ4n) is 3.09. The maximum Gasteiger partial charge on any atom is 0.0121 e. The van der Waals surface area contributed by atoms with Gasteiger partial charge in [0.1, 0.15) is 0 Å². The third-order valence-electron chi connectivity index (χ3n) is 4.11. The first-order chi connectivity index (χ1) is 6.77. The number of likely N-dealkylation sites (tertiary alicyclic amines) is 1. The van der Waals surface area contributed by atoms with Crippen molar-refractivity contribution in [2.45, 2.75) is 57.5 Å². The maximum atomic E-state index is 5.93. The Bertz CT molecular complexity index is 173. The van der Waals surface area contributed by atoms with Crippen LogP contribution < -0.4 is 5.73 Å². The van der Waals surface area contributed by atoms with Gasteiger partial charge in [0.15, 0.2) is 0 Å². The zero-order valence-corrected chi connectivity index (χ0v) is 9.41. The summed E-state index contributed by atoms with van der Waals surface area (Å²) in [4.78, 5) is 2.70. The minimum Gasteiger partial charge on any atom is -0.328 e. The van der Waals surface area contributed by atoms with Crippen LogP contribution in [0.1, 0.15) is 45.4 Å². The molecular formula is C12H24N2. The summed E-state index contributed by atoms with van der Waals surface area (Å²) >= 11 is 0. The Balaban J connectivity index is 1.87. The highest BCUT2D eigenvalue weighted by Gasteiger charge is 2.29. The van der Waals surface area contributed by atoms with Gasteiger partial charge in [0, 0.05) is 12.1 Å². The molecule has 2 N–H and O–H groups in total. The second-order valence-corrected chi connectivity index (χ2v) is 5.20. The van der Waals surface area contributed by atoms with Crippen molar-refractivity contribution in [1.82, 2.24) is 4.90 Å².